The number of rotatable bonds is 2. The van der Waals surface area contributed by atoms with Crippen LogP contribution in [0, 0.1) is 0 Å². The lowest BCUT2D eigenvalue weighted by molar-refractivity contribution is 0.0544. The van der Waals surface area contributed by atoms with Crippen molar-refractivity contribution in [2.75, 3.05) is 7.11 Å². The number of aromatic nitrogens is 1. The molecule has 0 radical (unpaired) electrons. The zero-order chi connectivity index (χ0) is 15.6. The van der Waals surface area contributed by atoms with E-state index in [0.717, 1.165) is 22.2 Å². The monoisotopic (exact) mass is 399 g/mol. The van der Waals surface area contributed by atoms with E-state index in [4.69, 9.17) is 9.47 Å². The molecule has 0 bridgehead atoms. The molecule has 0 spiro atoms. The summed E-state index contributed by atoms with van der Waals surface area (Å²) in [5.41, 5.74) is 1.22. The molecule has 0 unspecified atom stereocenters. The van der Waals surface area contributed by atoms with Crippen LogP contribution in [0.25, 0.3) is 17.0 Å². The maximum Gasteiger partial charge on any atom is 0.419 e. The van der Waals surface area contributed by atoms with Gasteiger partial charge in [0.2, 0.25) is 0 Å². The second-order valence-electron chi connectivity index (χ2n) is 5.61. The predicted octanol–water partition coefficient (Wildman–Crippen LogP) is 4.84. The normalized spacial score (nSPS) is 12.0. The van der Waals surface area contributed by atoms with Crippen LogP contribution >= 0.6 is 22.6 Å². The number of fused-ring (bicyclic) bond motifs is 1. The molecule has 21 heavy (non-hydrogen) atoms. The summed E-state index contributed by atoms with van der Waals surface area (Å²) in [7, 11) is 1.62. The highest BCUT2D eigenvalue weighted by atomic mass is 127. The van der Waals surface area contributed by atoms with Gasteiger partial charge in [0.25, 0.3) is 0 Å². The smallest absolute Gasteiger partial charge is 0.419 e. The third kappa shape index (κ3) is 3.58. The summed E-state index contributed by atoms with van der Waals surface area (Å²) in [4.78, 5) is 12.3. The average Bonchev–Trinajstić information content (AvgIpc) is 2.75. The Morgan fingerprint density at radius 1 is 1.33 bits per heavy atom. The van der Waals surface area contributed by atoms with E-state index >= 15 is 0 Å². The first-order valence-electron chi connectivity index (χ1n) is 6.55. The van der Waals surface area contributed by atoms with Crippen molar-refractivity contribution in [2.24, 2.45) is 0 Å². The first kappa shape index (κ1) is 15.9. The lowest BCUT2D eigenvalue weighted by Crippen LogP contribution is -2.26. The Morgan fingerprint density at radius 3 is 2.62 bits per heavy atom. The van der Waals surface area contributed by atoms with Crippen molar-refractivity contribution in [3.63, 3.8) is 0 Å². The number of halogens is 1. The predicted molar refractivity (Wildman–Crippen MR) is 93.2 cm³/mol. The third-order valence-electron chi connectivity index (χ3n) is 2.88. The fraction of sp³-hybridized carbons (Fsp3) is 0.312. The van der Waals surface area contributed by atoms with Gasteiger partial charge in [-0.05, 0) is 49.1 Å². The summed E-state index contributed by atoms with van der Waals surface area (Å²) in [5.74, 6) is 0.757. The highest BCUT2D eigenvalue weighted by Crippen LogP contribution is 2.28. The summed E-state index contributed by atoms with van der Waals surface area (Å²) in [6.07, 6.45) is 3.35. The summed E-state index contributed by atoms with van der Waals surface area (Å²) in [5, 5.41) is 0.952. The summed E-state index contributed by atoms with van der Waals surface area (Å²) in [6.45, 7) is 5.56. The van der Waals surface area contributed by atoms with E-state index in [1.54, 1.807) is 13.3 Å². The average molecular weight is 399 g/mol. The number of nitrogens with zero attached hydrogens (tertiary/aromatic N) is 1. The highest BCUT2D eigenvalue weighted by molar-refractivity contribution is 14.1. The molecular weight excluding hydrogens is 381 g/mol. The van der Waals surface area contributed by atoms with Crippen LogP contribution in [0.1, 0.15) is 26.3 Å². The summed E-state index contributed by atoms with van der Waals surface area (Å²) in [6, 6.07) is 5.62. The molecule has 0 saturated carbocycles. The molecule has 0 saturated heterocycles. The van der Waals surface area contributed by atoms with Crippen molar-refractivity contribution in [3.8, 4) is 5.75 Å². The Balaban J connectivity index is 2.57. The van der Waals surface area contributed by atoms with Crippen molar-refractivity contribution < 1.29 is 14.3 Å². The van der Waals surface area contributed by atoms with Crippen LogP contribution in [0.4, 0.5) is 4.79 Å². The van der Waals surface area contributed by atoms with Gasteiger partial charge in [0.05, 0.1) is 12.6 Å². The molecule has 1 aromatic heterocycles. The minimum atomic E-state index is -0.528. The van der Waals surface area contributed by atoms with Gasteiger partial charge in [-0.15, -0.1) is 0 Å². The minimum Gasteiger partial charge on any atom is -0.497 e. The standard InChI is InChI=1S/C16H18INO3/c1-16(2,3)21-15(19)18-10-11(7-8-17)13-9-12(20-4)5-6-14(13)18/h5-10H,1-4H3. The molecule has 1 aromatic carbocycles. The van der Waals surface area contributed by atoms with Crippen LogP contribution < -0.4 is 4.74 Å². The van der Waals surface area contributed by atoms with Gasteiger partial charge in [0.15, 0.2) is 0 Å². The maximum absolute atomic E-state index is 12.3. The third-order valence-corrected chi connectivity index (χ3v) is 3.23. The molecule has 5 heteroatoms. The van der Waals surface area contributed by atoms with Gasteiger partial charge in [-0.3, -0.25) is 4.57 Å². The van der Waals surface area contributed by atoms with Gasteiger partial charge in [-0.1, -0.05) is 22.6 Å². The summed E-state index contributed by atoms with van der Waals surface area (Å²) >= 11 is 2.15. The van der Waals surface area contributed by atoms with Crippen molar-refractivity contribution >= 4 is 45.7 Å². The molecule has 112 valence electrons. The number of methoxy groups -OCH3 is 1. The summed E-state index contributed by atoms with van der Waals surface area (Å²) < 4.78 is 14.1. The van der Waals surface area contributed by atoms with E-state index in [1.165, 1.54) is 4.57 Å². The number of hydrogen-bond donors (Lipinski definition) is 0. The minimum absolute atomic E-state index is 0.384. The van der Waals surface area contributed by atoms with Gasteiger partial charge in [-0.25, -0.2) is 4.79 Å². The van der Waals surface area contributed by atoms with Crippen molar-refractivity contribution in [3.05, 3.63) is 34.0 Å². The van der Waals surface area contributed by atoms with Gasteiger partial charge in [0, 0.05) is 17.1 Å². The Bertz CT molecular complexity index is 695. The number of carbonyl (C=O) groups is 1. The molecule has 0 atom stereocenters. The molecule has 1 heterocycles. The molecule has 0 fully saturated rings. The Morgan fingerprint density at radius 2 is 2.05 bits per heavy atom. The van der Waals surface area contributed by atoms with Crippen molar-refractivity contribution in [1.29, 1.82) is 0 Å². The molecule has 0 aliphatic rings. The lowest BCUT2D eigenvalue weighted by Gasteiger charge is -2.19. The largest absolute Gasteiger partial charge is 0.497 e. The van der Waals surface area contributed by atoms with Gasteiger partial charge >= 0.3 is 6.09 Å². The first-order valence-corrected chi connectivity index (χ1v) is 7.79. The Hall–Kier alpha value is -1.50. The highest BCUT2D eigenvalue weighted by Gasteiger charge is 2.20. The van der Waals surface area contributed by atoms with E-state index in [2.05, 4.69) is 22.6 Å². The van der Waals surface area contributed by atoms with Gasteiger partial charge in [0.1, 0.15) is 11.4 Å². The maximum atomic E-state index is 12.3. The van der Waals surface area contributed by atoms with Gasteiger partial charge < -0.3 is 9.47 Å². The Kier molecular flexibility index (Phi) is 4.61. The van der Waals surface area contributed by atoms with E-state index in [9.17, 15) is 4.79 Å². The second kappa shape index (κ2) is 6.09. The zero-order valence-electron chi connectivity index (χ0n) is 12.5. The second-order valence-corrected chi connectivity index (χ2v) is 6.33. The molecule has 0 aliphatic carbocycles. The fourth-order valence-corrected chi connectivity index (χ4v) is 2.41. The molecule has 0 aliphatic heterocycles. The number of hydrogen-bond acceptors (Lipinski definition) is 3. The number of carbonyl (C=O) groups excluding carboxylic acids is 1. The molecule has 0 amide bonds. The quantitative estimate of drug-likeness (QED) is 0.679. The van der Waals surface area contributed by atoms with Crippen LogP contribution in [0.3, 0.4) is 0 Å². The van der Waals surface area contributed by atoms with Crippen LogP contribution in [0.15, 0.2) is 28.5 Å². The topological polar surface area (TPSA) is 40.5 Å². The Labute approximate surface area is 137 Å². The van der Waals surface area contributed by atoms with Crippen LogP contribution in [0.5, 0.6) is 5.75 Å². The number of benzene rings is 1. The van der Waals surface area contributed by atoms with E-state index < -0.39 is 5.60 Å². The fourth-order valence-electron chi connectivity index (χ4n) is 2.02. The molecule has 0 N–H and O–H groups in total. The molecule has 4 nitrogen and oxygen atoms in total. The van der Waals surface area contributed by atoms with E-state index in [0.29, 0.717) is 0 Å². The van der Waals surface area contributed by atoms with E-state index in [1.807, 2.05) is 49.1 Å². The number of ether oxygens (including phenoxy) is 2. The van der Waals surface area contributed by atoms with Crippen molar-refractivity contribution in [1.82, 2.24) is 4.57 Å². The van der Waals surface area contributed by atoms with Crippen LogP contribution in [-0.2, 0) is 4.74 Å². The van der Waals surface area contributed by atoms with Crippen molar-refractivity contribution in [2.45, 2.75) is 26.4 Å². The molecular formula is C16H18INO3. The van der Waals surface area contributed by atoms with Crippen LogP contribution in [0.2, 0.25) is 0 Å². The van der Waals surface area contributed by atoms with Crippen LogP contribution in [-0.4, -0.2) is 23.4 Å². The zero-order valence-corrected chi connectivity index (χ0v) is 14.7. The molecule has 2 aromatic rings. The van der Waals surface area contributed by atoms with Gasteiger partial charge in [-0.2, -0.15) is 0 Å². The van der Waals surface area contributed by atoms with E-state index in [-0.39, 0.29) is 6.09 Å². The molecule has 2 rings (SSSR count). The first-order chi connectivity index (χ1) is 9.85. The SMILES string of the molecule is COc1ccc2c(c1)c(C=CI)cn2C(=O)OC(C)(C)C. The lowest BCUT2D eigenvalue weighted by atomic mass is 10.1.